The van der Waals surface area contributed by atoms with E-state index < -0.39 is 5.30 Å². The quantitative estimate of drug-likeness (QED) is 0.491. The lowest BCUT2D eigenvalue weighted by Crippen LogP contribution is -2.02. The van der Waals surface area contributed by atoms with Crippen molar-refractivity contribution in [2.24, 2.45) is 0 Å². The largest absolute Gasteiger partial charge is 0.471 e. The van der Waals surface area contributed by atoms with Gasteiger partial charge in [0.25, 0.3) is 0 Å². The monoisotopic (exact) mass is 186 g/mol. The molecule has 1 heterocycles. The fourth-order valence-electron chi connectivity index (χ4n) is 0.548. The molecule has 0 bridgehead atoms. The van der Waals surface area contributed by atoms with Crippen LogP contribution in [0.15, 0.2) is 32.7 Å². The molecule has 0 aliphatic rings. The van der Waals surface area contributed by atoms with Gasteiger partial charge in [-0.1, -0.05) is 0 Å². The molecule has 0 aromatic carbocycles. The van der Waals surface area contributed by atoms with E-state index in [4.69, 9.17) is 4.42 Å². The number of hydrogen-bond acceptors (Lipinski definition) is 5. The Kier molecular flexibility index (Phi) is 2.93. The zero-order valence-corrected chi connectivity index (χ0v) is 7.09. The minimum absolute atomic E-state index is 0.226. The molecule has 1 rings (SSSR count). The van der Waals surface area contributed by atoms with E-state index in [-0.39, 0.29) is 10.3 Å². The van der Waals surface area contributed by atoms with E-state index in [1.807, 2.05) is 0 Å². The lowest BCUT2D eigenvalue weighted by molar-refractivity contribution is 0.200. The van der Waals surface area contributed by atoms with Crippen LogP contribution in [0.3, 0.4) is 0 Å². The number of carbonyl (C=O) groups is 1. The first kappa shape index (κ1) is 8.86. The number of methoxy groups -OCH3 is 1. The smallest absolute Gasteiger partial charge is 0.372 e. The summed E-state index contributed by atoms with van der Waals surface area (Å²) in [4.78, 5) is 21.9. The molecule has 64 valence electrons. The van der Waals surface area contributed by atoms with Gasteiger partial charge in [-0.15, -0.1) is 0 Å². The Hall–Kier alpha value is -1.23. The van der Waals surface area contributed by atoms with Gasteiger partial charge in [-0.25, -0.2) is 4.79 Å². The summed E-state index contributed by atoms with van der Waals surface area (Å²) < 4.78 is 9.06. The van der Waals surface area contributed by atoms with Crippen LogP contribution in [0.2, 0.25) is 0 Å². The Labute approximate surface area is 72.5 Å². The van der Waals surface area contributed by atoms with Gasteiger partial charge < -0.3 is 9.15 Å². The van der Waals surface area contributed by atoms with Gasteiger partial charge in [0, 0.05) is 17.8 Å². The Morgan fingerprint density at radius 3 is 3.00 bits per heavy atom. The molecule has 0 spiro atoms. The molecule has 0 radical (unpaired) electrons. The molecule has 0 fully saturated rings. The number of hydrogen-bond donors (Lipinski definition) is 0. The number of ether oxygens (including phenoxy) is 1. The second-order valence-electron chi connectivity index (χ2n) is 1.84. The first-order valence-electron chi connectivity index (χ1n) is 3.06. The highest BCUT2D eigenvalue weighted by molar-refractivity contribution is 8.13. The maximum absolute atomic E-state index is 11.0. The van der Waals surface area contributed by atoms with Crippen molar-refractivity contribution >= 4 is 17.1 Å². The van der Waals surface area contributed by atoms with E-state index in [2.05, 4.69) is 4.74 Å². The lowest BCUT2D eigenvalue weighted by atomic mass is 10.5. The Morgan fingerprint density at radius 2 is 2.42 bits per heavy atom. The first-order valence-corrected chi connectivity index (χ1v) is 3.88. The summed E-state index contributed by atoms with van der Waals surface area (Å²) in [5.41, 5.74) is -0.253. The topological polar surface area (TPSA) is 56.5 Å². The highest BCUT2D eigenvalue weighted by Crippen LogP contribution is 2.14. The fraction of sp³-hybridized carbons (Fsp3) is 0.143. The molecule has 0 atom stereocenters. The third kappa shape index (κ3) is 2.13. The molecule has 0 N–H and O–H groups in total. The Morgan fingerprint density at radius 1 is 1.67 bits per heavy atom. The van der Waals surface area contributed by atoms with Gasteiger partial charge in [0.05, 0.1) is 13.4 Å². The summed E-state index contributed by atoms with van der Waals surface area (Å²) in [6.07, 6.45) is 2.47. The molecular weight excluding hydrogens is 180 g/mol. The van der Waals surface area contributed by atoms with Gasteiger partial charge in [-0.3, -0.25) is 4.79 Å². The maximum atomic E-state index is 11.0. The third-order valence-corrected chi connectivity index (χ3v) is 1.93. The van der Waals surface area contributed by atoms with Crippen molar-refractivity contribution in [3.05, 3.63) is 28.8 Å². The Bertz CT molecular complexity index is 330. The van der Waals surface area contributed by atoms with Crippen LogP contribution in [0.4, 0.5) is 4.79 Å². The molecule has 0 saturated carbocycles. The van der Waals surface area contributed by atoms with E-state index in [9.17, 15) is 9.59 Å². The van der Waals surface area contributed by atoms with E-state index in [0.717, 1.165) is 0 Å². The van der Waals surface area contributed by atoms with Crippen LogP contribution in [0.25, 0.3) is 0 Å². The average Bonchev–Trinajstić information content (AvgIpc) is 2.09. The molecule has 0 amide bonds. The fourth-order valence-corrected chi connectivity index (χ4v) is 1.08. The first-order chi connectivity index (χ1) is 5.74. The molecule has 1 aromatic heterocycles. The van der Waals surface area contributed by atoms with Crippen molar-refractivity contribution in [2.75, 3.05) is 7.11 Å². The summed E-state index contributed by atoms with van der Waals surface area (Å²) >= 11 is 0.703. The standard InChI is InChI=1S/C7H6O4S/c1-10-7(9)12-6-4-11-3-2-5(6)8/h2-4H,1H3. The third-order valence-electron chi connectivity index (χ3n) is 1.08. The predicted octanol–water partition coefficient (Wildman–Crippen LogP) is 1.50. The predicted molar refractivity (Wildman–Crippen MR) is 43.2 cm³/mol. The zero-order valence-electron chi connectivity index (χ0n) is 6.27. The number of thioether (sulfide) groups is 1. The van der Waals surface area contributed by atoms with Gasteiger partial charge in [0.15, 0.2) is 5.43 Å². The van der Waals surface area contributed by atoms with Gasteiger partial charge in [0.1, 0.15) is 11.2 Å². The summed E-state index contributed by atoms with van der Waals surface area (Å²) in [6, 6.07) is 1.24. The van der Waals surface area contributed by atoms with Crippen LogP contribution < -0.4 is 5.43 Å². The van der Waals surface area contributed by atoms with E-state index in [0.29, 0.717) is 11.8 Å². The highest BCUT2D eigenvalue weighted by atomic mass is 32.2. The van der Waals surface area contributed by atoms with Crippen LogP contribution in [0.5, 0.6) is 0 Å². The van der Waals surface area contributed by atoms with Crippen LogP contribution >= 0.6 is 11.8 Å². The van der Waals surface area contributed by atoms with Crippen LogP contribution in [0.1, 0.15) is 0 Å². The van der Waals surface area contributed by atoms with E-state index >= 15 is 0 Å². The minimum atomic E-state index is -0.534. The molecule has 0 aliphatic carbocycles. The van der Waals surface area contributed by atoms with Crippen LogP contribution in [0, 0.1) is 0 Å². The molecule has 12 heavy (non-hydrogen) atoms. The molecule has 0 unspecified atom stereocenters. The molecule has 1 aromatic rings. The molecule has 0 aliphatic heterocycles. The Balaban J connectivity index is 2.83. The second kappa shape index (κ2) is 3.96. The lowest BCUT2D eigenvalue weighted by Gasteiger charge is -1.95. The van der Waals surface area contributed by atoms with Crippen molar-refractivity contribution in [3.63, 3.8) is 0 Å². The summed E-state index contributed by atoms with van der Waals surface area (Å²) in [6.45, 7) is 0. The zero-order chi connectivity index (χ0) is 8.97. The van der Waals surface area contributed by atoms with Gasteiger partial charge in [0.2, 0.25) is 0 Å². The molecule has 5 heteroatoms. The molecule has 0 saturated heterocycles. The van der Waals surface area contributed by atoms with Gasteiger partial charge in [-0.2, -0.15) is 0 Å². The van der Waals surface area contributed by atoms with Crippen molar-refractivity contribution in [1.29, 1.82) is 0 Å². The van der Waals surface area contributed by atoms with Crippen molar-refractivity contribution in [1.82, 2.24) is 0 Å². The number of carbonyl (C=O) groups excluding carboxylic acids is 1. The van der Waals surface area contributed by atoms with Crippen molar-refractivity contribution in [3.8, 4) is 0 Å². The van der Waals surface area contributed by atoms with Gasteiger partial charge >= 0.3 is 5.30 Å². The highest BCUT2D eigenvalue weighted by Gasteiger charge is 2.06. The summed E-state index contributed by atoms with van der Waals surface area (Å²) in [5.74, 6) is 0. The minimum Gasteiger partial charge on any atom is -0.471 e. The summed E-state index contributed by atoms with van der Waals surface area (Å²) in [5, 5.41) is -0.534. The normalized spacial score (nSPS) is 9.42. The number of rotatable bonds is 1. The van der Waals surface area contributed by atoms with E-state index in [1.54, 1.807) is 0 Å². The summed E-state index contributed by atoms with van der Waals surface area (Å²) in [7, 11) is 1.25. The molecular formula is C7H6O4S. The SMILES string of the molecule is COC(=O)Sc1coccc1=O. The van der Waals surface area contributed by atoms with Crippen LogP contribution in [-0.4, -0.2) is 12.4 Å². The van der Waals surface area contributed by atoms with Crippen molar-refractivity contribution < 1.29 is 13.9 Å². The maximum Gasteiger partial charge on any atom is 0.372 e. The van der Waals surface area contributed by atoms with Crippen LogP contribution in [-0.2, 0) is 4.74 Å². The van der Waals surface area contributed by atoms with Gasteiger partial charge in [-0.05, 0) is 0 Å². The van der Waals surface area contributed by atoms with Crippen molar-refractivity contribution in [2.45, 2.75) is 4.90 Å². The second-order valence-corrected chi connectivity index (χ2v) is 2.82. The molecule has 4 nitrogen and oxygen atoms in total. The van der Waals surface area contributed by atoms with E-state index in [1.165, 1.54) is 25.7 Å². The average molecular weight is 186 g/mol.